The summed E-state index contributed by atoms with van der Waals surface area (Å²) in [4.78, 5) is 4.25. The molecule has 3 aromatic heterocycles. The van der Waals surface area contributed by atoms with Crippen molar-refractivity contribution in [2.45, 2.75) is 30.7 Å². The first-order chi connectivity index (χ1) is 10.1. The van der Waals surface area contributed by atoms with Crippen molar-refractivity contribution in [3.63, 3.8) is 0 Å². The molecule has 0 saturated heterocycles. The maximum atomic E-state index is 6.10. The van der Waals surface area contributed by atoms with Gasteiger partial charge in [0.1, 0.15) is 5.76 Å². The van der Waals surface area contributed by atoms with Crippen molar-refractivity contribution in [1.82, 2.24) is 19.6 Å². The summed E-state index contributed by atoms with van der Waals surface area (Å²) in [5.41, 5.74) is 1.51. The average Bonchev–Trinajstić information content (AvgIpc) is 3.02. The Labute approximate surface area is 135 Å². The summed E-state index contributed by atoms with van der Waals surface area (Å²) in [6.07, 6.45) is 3.22. The molecule has 21 heavy (non-hydrogen) atoms. The quantitative estimate of drug-likeness (QED) is 0.656. The van der Waals surface area contributed by atoms with Gasteiger partial charge in [-0.1, -0.05) is 48.8 Å². The number of fused-ring (bicyclic) bond motifs is 1. The molecule has 0 aliphatic carbocycles. The minimum atomic E-state index is 0.294. The van der Waals surface area contributed by atoms with E-state index < -0.39 is 0 Å². The van der Waals surface area contributed by atoms with Crippen LogP contribution in [-0.4, -0.2) is 19.6 Å². The maximum Gasteiger partial charge on any atom is 0.196 e. The van der Waals surface area contributed by atoms with Crippen LogP contribution in [0.3, 0.4) is 0 Å². The van der Waals surface area contributed by atoms with Gasteiger partial charge < -0.3 is 4.42 Å². The highest BCUT2D eigenvalue weighted by atomic mass is 35.5. The Morgan fingerprint density at radius 1 is 1.33 bits per heavy atom. The average molecular weight is 343 g/mol. The Kier molecular flexibility index (Phi) is 4.10. The van der Waals surface area contributed by atoms with E-state index in [0.717, 1.165) is 11.5 Å². The van der Waals surface area contributed by atoms with E-state index in [4.69, 9.17) is 27.6 Å². The van der Waals surface area contributed by atoms with Crippen LogP contribution in [-0.2, 0) is 5.75 Å². The molecule has 0 aromatic carbocycles. The topological polar surface area (TPSA) is 56.2 Å². The number of pyridine rings is 1. The summed E-state index contributed by atoms with van der Waals surface area (Å²) < 4.78 is 7.19. The predicted molar refractivity (Wildman–Crippen MR) is 83.2 cm³/mol. The summed E-state index contributed by atoms with van der Waals surface area (Å²) >= 11 is 13.6. The molecule has 0 aliphatic rings. The van der Waals surface area contributed by atoms with Crippen LogP contribution in [0.25, 0.3) is 5.65 Å². The van der Waals surface area contributed by atoms with Gasteiger partial charge in [0.05, 0.1) is 15.7 Å². The van der Waals surface area contributed by atoms with Gasteiger partial charge in [0.15, 0.2) is 17.2 Å². The molecule has 0 saturated carbocycles. The summed E-state index contributed by atoms with van der Waals surface area (Å²) in [5.74, 6) is 1.84. The maximum absolute atomic E-state index is 6.10. The molecule has 3 heterocycles. The van der Waals surface area contributed by atoms with Crippen LogP contribution in [0.15, 0.2) is 28.2 Å². The molecule has 3 rings (SSSR count). The standard InChI is InChI=1S/C13H12Cl2N4OS/c1-7(2)11-10(16-6-20-11)5-21-13-18-17-12-9(15)3-8(14)4-19(12)13/h3-4,6-7H,5H2,1-2H3. The van der Waals surface area contributed by atoms with Gasteiger partial charge in [0.2, 0.25) is 0 Å². The van der Waals surface area contributed by atoms with Crippen LogP contribution in [0, 0.1) is 0 Å². The Bertz CT molecular complexity index is 784. The van der Waals surface area contributed by atoms with Crippen LogP contribution < -0.4 is 0 Å². The van der Waals surface area contributed by atoms with E-state index in [2.05, 4.69) is 29.0 Å². The minimum Gasteiger partial charge on any atom is -0.448 e. The minimum absolute atomic E-state index is 0.294. The molecule has 0 amide bonds. The zero-order valence-electron chi connectivity index (χ0n) is 11.4. The largest absolute Gasteiger partial charge is 0.448 e. The summed E-state index contributed by atoms with van der Waals surface area (Å²) in [6.45, 7) is 4.14. The van der Waals surface area contributed by atoms with Crippen LogP contribution in [0.5, 0.6) is 0 Å². The normalized spacial score (nSPS) is 11.7. The van der Waals surface area contributed by atoms with Gasteiger partial charge in [-0.05, 0) is 6.07 Å². The molecule has 0 spiro atoms. The molecule has 0 N–H and O–H groups in total. The first kappa shape index (κ1) is 14.7. The lowest BCUT2D eigenvalue weighted by atomic mass is 10.1. The molecular weight excluding hydrogens is 331 g/mol. The molecule has 0 fully saturated rings. The van der Waals surface area contributed by atoms with E-state index >= 15 is 0 Å². The number of hydrogen-bond acceptors (Lipinski definition) is 5. The fourth-order valence-electron chi connectivity index (χ4n) is 1.99. The molecule has 5 nitrogen and oxygen atoms in total. The second-order valence-electron chi connectivity index (χ2n) is 4.79. The first-order valence-electron chi connectivity index (χ1n) is 6.31. The molecular formula is C13H12Cl2N4OS. The molecule has 8 heteroatoms. The van der Waals surface area contributed by atoms with E-state index in [1.165, 1.54) is 18.2 Å². The monoisotopic (exact) mass is 342 g/mol. The zero-order chi connectivity index (χ0) is 15.0. The Balaban J connectivity index is 1.87. The summed E-state index contributed by atoms with van der Waals surface area (Å²) in [6, 6.07) is 1.65. The van der Waals surface area contributed by atoms with Crippen molar-refractivity contribution >= 4 is 40.6 Å². The van der Waals surface area contributed by atoms with Crippen molar-refractivity contribution in [1.29, 1.82) is 0 Å². The van der Waals surface area contributed by atoms with Gasteiger partial charge in [-0.15, -0.1) is 10.2 Å². The number of rotatable bonds is 4. The second-order valence-corrected chi connectivity index (χ2v) is 6.58. The molecule has 110 valence electrons. The summed E-state index contributed by atoms with van der Waals surface area (Å²) in [5, 5.41) is 9.95. The van der Waals surface area contributed by atoms with Gasteiger partial charge in [-0.3, -0.25) is 4.40 Å². The molecule has 0 aliphatic heterocycles. The highest BCUT2D eigenvalue weighted by Crippen LogP contribution is 2.29. The van der Waals surface area contributed by atoms with Crippen molar-refractivity contribution in [3.8, 4) is 0 Å². The number of aromatic nitrogens is 4. The second kappa shape index (κ2) is 5.87. The molecule has 0 unspecified atom stereocenters. The molecule has 3 aromatic rings. The Morgan fingerprint density at radius 3 is 2.90 bits per heavy atom. The van der Waals surface area contributed by atoms with Gasteiger partial charge in [-0.25, -0.2) is 4.98 Å². The van der Waals surface area contributed by atoms with Gasteiger partial charge in [0, 0.05) is 17.9 Å². The third kappa shape index (κ3) is 2.88. The number of thioether (sulfide) groups is 1. The van der Waals surface area contributed by atoms with Crippen LogP contribution in [0.1, 0.15) is 31.2 Å². The van der Waals surface area contributed by atoms with E-state index in [-0.39, 0.29) is 0 Å². The zero-order valence-corrected chi connectivity index (χ0v) is 13.7. The summed E-state index contributed by atoms with van der Waals surface area (Å²) in [7, 11) is 0. The number of nitrogens with zero attached hydrogens (tertiary/aromatic N) is 4. The lowest BCUT2D eigenvalue weighted by molar-refractivity contribution is 0.480. The van der Waals surface area contributed by atoms with Gasteiger partial charge >= 0.3 is 0 Å². The van der Waals surface area contributed by atoms with E-state index in [9.17, 15) is 0 Å². The van der Waals surface area contributed by atoms with Crippen molar-refractivity contribution in [2.75, 3.05) is 0 Å². The van der Waals surface area contributed by atoms with Crippen molar-refractivity contribution < 1.29 is 4.42 Å². The van der Waals surface area contributed by atoms with E-state index in [1.807, 2.05) is 0 Å². The van der Waals surface area contributed by atoms with Crippen LogP contribution >= 0.6 is 35.0 Å². The fourth-order valence-corrected chi connectivity index (χ4v) is 3.36. The van der Waals surface area contributed by atoms with Gasteiger partial charge in [-0.2, -0.15) is 0 Å². The third-order valence-electron chi connectivity index (χ3n) is 2.93. The first-order valence-corrected chi connectivity index (χ1v) is 8.05. The molecule has 0 radical (unpaired) electrons. The predicted octanol–water partition coefficient (Wildman–Crippen LogP) is 4.44. The number of oxazole rings is 1. The number of hydrogen-bond donors (Lipinski definition) is 0. The SMILES string of the molecule is CC(C)c1ocnc1CSc1nnc2c(Cl)cc(Cl)cn12. The van der Waals surface area contributed by atoms with Crippen molar-refractivity contribution in [2.24, 2.45) is 0 Å². The van der Waals surface area contributed by atoms with E-state index in [1.54, 1.807) is 16.7 Å². The highest BCUT2D eigenvalue weighted by Gasteiger charge is 2.15. The van der Waals surface area contributed by atoms with Crippen LogP contribution in [0.2, 0.25) is 10.0 Å². The molecule has 0 bridgehead atoms. The lowest BCUT2D eigenvalue weighted by Gasteiger charge is -2.03. The van der Waals surface area contributed by atoms with Crippen molar-refractivity contribution in [3.05, 3.63) is 40.2 Å². The molecule has 0 atom stereocenters. The van der Waals surface area contributed by atoms with Crippen LogP contribution in [0.4, 0.5) is 0 Å². The highest BCUT2D eigenvalue weighted by molar-refractivity contribution is 7.98. The smallest absolute Gasteiger partial charge is 0.196 e. The van der Waals surface area contributed by atoms with Gasteiger partial charge in [0.25, 0.3) is 0 Å². The van der Waals surface area contributed by atoms with E-state index in [0.29, 0.717) is 32.5 Å². The number of halogens is 2. The lowest BCUT2D eigenvalue weighted by Crippen LogP contribution is -1.93. The Morgan fingerprint density at radius 2 is 2.14 bits per heavy atom. The third-order valence-corrected chi connectivity index (χ3v) is 4.37. The fraction of sp³-hybridized carbons (Fsp3) is 0.308. The Hall–Kier alpha value is -1.24.